The molecule has 1 aromatic rings. The Bertz CT molecular complexity index is 340. The van der Waals surface area contributed by atoms with Gasteiger partial charge in [0, 0.05) is 11.8 Å². The van der Waals surface area contributed by atoms with Crippen molar-refractivity contribution in [1.82, 2.24) is 4.98 Å². The van der Waals surface area contributed by atoms with Crippen molar-refractivity contribution in [3.63, 3.8) is 0 Å². The molecular formula is C7H5BrF3NO2. The summed E-state index contributed by atoms with van der Waals surface area (Å²) in [5.74, 6) is -3.85. The lowest BCUT2D eigenvalue weighted by molar-refractivity contribution is -0.358. The maximum absolute atomic E-state index is 12.1. The molecule has 0 aliphatic rings. The lowest BCUT2D eigenvalue weighted by Crippen LogP contribution is -2.42. The molecule has 0 aliphatic heterocycles. The molecule has 0 fully saturated rings. The van der Waals surface area contributed by atoms with Crippen LogP contribution in [-0.2, 0) is 5.79 Å². The molecule has 0 saturated heterocycles. The second-order valence-electron chi connectivity index (χ2n) is 2.54. The van der Waals surface area contributed by atoms with Gasteiger partial charge in [0.2, 0.25) is 0 Å². The Morgan fingerprint density at radius 3 is 2.29 bits per heavy atom. The van der Waals surface area contributed by atoms with Gasteiger partial charge in [0.25, 0.3) is 5.79 Å². The summed E-state index contributed by atoms with van der Waals surface area (Å²) in [6.45, 7) is 0. The average molecular weight is 272 g/mol. The Labute approximate surface area is 85.3 Å². The van der Waals surface area contributed by atoms with Gasteiger partial charge < -0.3 is 10.2 Å². The molecule has 14 heavy (non-hydrogen) atoms. The molecule has 1 heterocycles. The predicted octanol–water partition coefficient (Wildman–Crippen LogP) is 1.54. The van der Waals surface area contributed by atoms with Crippen LogP contribution in [0.5, 0.6) is 0 Å². The zero-order chi connectivity index (χ0) is 11.0. The summed E-state index contributed by atoms with van der Waals surface area (Å²) in [5, 5.41) is 17.7. The molecule has 0 aliphatic carbocycles. The number of pyridine rings is 1. The van der Waals surface area contributed by atoms with Crippen molar-refractivity contribution in [2.75, 3.05) is 0 Å². The molecule has 0 aromatic carbocycles. The monoisotopic (exact) mass is 271 g/mol. The molecular weight excluding hydrogens is 267 g/mol. The Kier molecular flexibility index (Phi) is 2.84. The van der Waals surface area contributed by atoms with E-state index >= 15 is 0 Å². The van der Waals surface area contributed by atoms with Gasteiger partial charge in [-0.15, -0.1) is 0 Å². The Hall–Kier alpha value is -0.660. The summed E-state index contributed by atoms with van der Waals surface area (Å²) in [7, 11) is 0. The molecule has 0 saturated carbocycles. The summed E-state index contributed by atoms with van der Waals surface area (Å²) < 4.78 is 36.4. The number of aromatic nitrogens is 1. The minimum Gasteiger partial charge on any atom is -0.355 e. The van der Waals surface area contributed by atoms with E-state index in [1.165, 1.54) is 0 Å². The molecule has 0 amide bonds. The smallest absolute Gasteiger partial charge is 0.355 e. The van der Waals surface area contributed by atoms with E-state index < -0.39 is 17.5 Å². The molecule has 1 aromatic heterocycles. The first-order valence-electron chi connectivity index (χ1n) is 3.38. The first kappa shape index (κ1) is 11.4. The second kappa shape index (κ2) is 3.48. The van der Waals surface area contributed by atoms with Crippen LogP contribution < -0.4 is 0 Å². The van der Waals surface area contributed by atoms with Gasteiger partial charge in [-0.05, 0) is 28.1 Å². The van der Waals surface area contributed by atoms with Gasteiger partial charge in [0.15, 0.2) is 0 Å². The highest BCUT2D eigenvalue weighted by atomic mass is 79.9. The normalized spacial score (nSPS) is 13.0. The highest BCUT2D eigenvalue weighted by Crippen LogP contribution is 2.36. The van der Waals surface area contributed by atoms with E-state index in [4.69, 9.17) is 10.2 Å². The van der Waals surface area contributed by atoms with E-state index in [2.05, 4.69) is 20.9 Å². The maximum Gasteiger partial charge on any atom is 0.447 e. The van der Waals surface area contributed by atoms with E-state index in [9.17, 15) is 13.2 Å². The van der Waals surface area contributed by atoms with Crippen LogP contribution in [0.25, 0.3) is 0 Å². The van der Waals surface area contributed by atoms with Crippen LogP contribution in [0.3, 0.4) is 0 Å². The maximum atomic E-state index is 12.1. The third-order valence-corrected chi connectivity index (χ3v) is 1.96. The largest absolute Gasteiger partial charge is 0.447 e. The quantitative estimate of drug-likeness (QED) is 0.602. The molecule has 0 spiro atoms. The zero-order valence-electron chi connectivity index (χ0n) is 6.59. The highest BCUT2D eigenvalue weighted by molar-refractivity contribution is 9.10. The van der Waals surface area contributed by atoms with Crippen LogP contribution >= 0.6 is 15.9 Å². The van der Waals surface area contributed by atoms with Gasteiger partial charge >= 0.3 is 6.18 Å². The van der Waals surface area contributed by atoms with E-state index in [1.54, 1.807) is 0 Å². The number of rotatable bonds is 1. The number of alkyl halides is 3. The molecule has 7 heteroatoms. The highest BCUT2D eigenvalue weighted by Gasteiger charge is 2.54. The minimum atomic E-state index is -5.15. The lowest BCUT2D eigenvalue weighted by Gasteiger charge is -2.24. The Morgan fingerprint density at radius 1 is 1.29 bits per heavy atom. The van der Waals surface area contributed by atoms with Crippen LogP contribution in [0.1, 0.15) is 5.56 Å². The van der Waals surface area contributed by atoms with Crippen LogP contribution in [-0.4, -0.2) is 21.4 Å². The summed E-state index contributed by atoms with van der Waals surface area (Å²) in [6.07, 6.45) is -4.11. The molecule has 0 bridgehead atoms. The molecule has 0 atom stereocenters. The molecule has 1 rings (SSSR count). The summed E-state index contributed by atoms with van der Waals surface area (Å²) in [4.78, 5) is 3.56. The first-order chi connectivity index (χ1) is 6.25. The second-order valence-corrected chi connectivity index (χ2v) is 3.35. The van der Waals surface area contributed by atoms with Gasteiger partial charge in [-0.25, -0.2) is 4.98 Å². The van der Waals surface area contributed by atoms with Crippen molar-refractivity contribution < 1.29 is 23.4 Å². The fourth-order valence-electron chi connectivity index (χ4n) is 0.783. The molecule has 78 valence electrons. The third-order valence-electron chi connectivity index (χ3n) is 1.52. The first-order valence-corrected chi connectivity index (χ1v) is 4.18. The van der Waals surface area contributed by atoms with Gasteiger partial charge in [-0.2, -0.15) is 13.2 Å². The van der Waals surface area contributed by atoms with Gasteiger partial charge in [0.05, 0.1) is 0 Å². The predicted molar refractivity (Wildman–Crippen MR) is 44.1 cm³/mol. The van der Waals surface area contributed by atoms with Crippen LogP contribution in [0.4, 0.5) is 13.2 Å². The molecule has 0 radical (unpaired) electrons. The number of aliphatic hydroxyl groups is 2. The van der Waals surface area contributed by atoms with E-state index in [0.717, 1.165) is 18.3 Å². The Morgan fingerprint density at radius 2 is 1.86 bits per heavy atom. The summed E-state index contributed by atoms with van der Waals surface area (Å²) in [6, 6.07) is 1.76. The third kappa shape index (κ3) is 2.05. The molecule has 0 unspecified atom stereocenters. The number of hydrogen-bond acceptors (Lipinski definition) is 3. The number of halogens is 4. The van der Waals surface area contributed by atoms with Crippen LogP contribution in [0.2, 0.25) is 0 Å². The fourth-order valence-corrected chi connectivity index (χ4v) is 1.15. The van der Waals surface area contributed by atoms with Crippen LogP contribution in [0, 0.1) is 0 Å². The van der Waals surface area contributed by atoms with Gasteiger partial charge in [-0.3, -0.25) is 0 Å². The van der Waals surface area contributed by atoms with E-state index in [-0.39, 0.29) is 4.60 Å². The van der Waals surface area contributed by atoms with Crippen molar-refractivity contribution in [1.29, 1.82) is 0 Å². The van der Waals surface area contributed by atoms with Crippen molar-refractivity contribution in [3.8, 4) is 0 Å². The van der Waals surface area contributed by atoms with Gasteiger partial charge in [-0.1, -0.05) is 0 Å². The van der Waals surface area contributed by atoms with E-state index in [0.29, 0.717) is 0 Å². The minimum absolute atomic E-state index is 0.0896. The number of hydrogen-bond donors (Lipinski definition) is 2. The average Bonchev–Trinajstić information content (AvgIpc) is 2.02. The van der Waals surface area contributed by atoms with E-state index in [1.807, 2.05) is 0 Å². The lowest BCUT2D eigenvalue weighted by atomic mass is 10.1. The zero-order valence-corrected chi connectivity index (χ0v) is 8.17. The fraction of sp³-hybridized carbons (Fsp3) is 0.286. The molecule has 2 N–H and O–H groups in total. The SMILES string of the molecule is OC(O)(c1ccnc(Br)c1)C(F)(F)F. The molecule has 3 nitrogen and oxygen atoms in total. The van der Waals surface area contributed by atoms with Crippen molar-refractivity contribution in [2.24, 2.45) is 0 Å². The number of nitrogens with zero attached hydrogens (tertiary/aromatic N) is 1. The van der Waals surface area contributed by atoms with Crippen molar-refractivity contribution in [3.05, 3.63) is 28.5 Å². The topological polar surface area (TPSA) is 53.4 Å². The van der Waals surface area contributed by atoms with Crippen molar-refractivity contribution >= 4 is 15.9 Å². The standard InChI is InChI=1S/C7H5BrF3NO2/c8-5-3-4(1-2-12-5)6(13,14)7(9,10)11/h1-3,13-14H. The van der Waals surface area contributed by atoms with Crippen molar-refractivity contribution in [2.45, 2.75) is 12.0 Å². The summed E-state index contributed by atoms with van der Waals surface area (Å²) in [5.41, 5.74) is -0.688. The summed E-state index contributed by atoms with van der Waals surface area (Å²) >= 11 is 2.82. The van der Waals surface area contributed by atoms with Gasteiger partial charge in [0.1, 0.15) is 4.60 Å². The Balaban J connectivity index is 3.16. The van der Waals surface area contributed by atoms with Crippen LogP contribution in [0.15, 0.2) is 22.9 Å².